The second-order valence-electron chi connectivity index (χ2n) is 5.73. The van der Waals surface area contributed by atoms with Crippen molar-refractivity contribution in [2.24, 2.45) is 0 Å². The van der Waals surface area contributed by atoms with Crippen molar-refractivity contribution in [1.82, 2.24) is 0 Å². The highest BCUT2D eigenvalue weighted by Crippen LogP contribution is 2.23. The number of rotatable bonds is 7. The van der Waals surface area contributed by atoms with Gasteiger partial charge >= 0.3 is 0 Å². The number of allylic oxidation sites excluding steroid dienone is 2. The van der Waals surface area contributed by atoms with Gasteiger partial charge in [0.15, 0.2) is 11.6 Å². The van der Waals surface area contributed by atoms with Crippen LogP contribution in [0.15, 0.2) is 67.3 Å². The highest BCUT2D eigenvalue weighted by molar-refractivity contribution is 5.95. The zero-order chi connectivity index (χ0) is 17.7. The molecule has 0 atom stereocenters. The van der Waals surface area contributed by atoms with Crippen LogP contribution in [-0.2, 0) is 22.4 Å². The molecule has 0 saturated carbocycles. The Balaban J connectivity index is 2.18. The van der Waals surface area contributed by atoms with Crippen molar-refractivity contribution < 1.29 is 14.0 Å². The molecule has 3 heteroatoms. The van der Waals surface area contributed by atoms with Gasteiger partial charge in [0.1, 0.15) is 5.82 Å². The third-order valence-corrected chi connectivity index (χ3v) is 3.77. The molecule has 0 radical (unpaired) electrons. The predicted octanol–water partition coefficient (Wildman–Crippen LogP) is 4.48. The quantitative estimate of drug-likeness (QED) is 0.704. The van der Waals surface area contributed by atoms with Gasteiger partial charge in [0, 0.05) is 12.8 Å². The van der Waals surface area contributed by atoms with Gasteiger partial charge in [0.25, 0.3) is 0 Å². The van der Waals surface area contributed by atoms with Crippen LogP contribution in [0.4, 0.5) is 4.39 Å². The molecule has 0 saturated heterocycles. The van der Waals surface area contributed by atoms with Crippen molar-refractivity contribution >= 4 is 11.6 Å². The molecule has 122 valence electrons. The van der Waals surface area contributed by atoms with E-state index in [2.05, 4.69) is 13.2 Å². The predicted molar refractivity (Wildman–Crippen MR) is 94.3 cm³/mol. The number of hydrogen-bond acceptors (Lipinski definition) is 2. The molecule has 0 fully saturated rings. The molecule has 0 aliphatic carbocycles. The van der Waals surface area contributed by atoms with E-state index < -0.39 is 5.82 Å². The van der Waals surface area contributed by atoms with Gasteiger partial charge in [-0.2, -0.15) is 0 Å². The normalized spacial score (nSPS) is 10.2. The van der Waals surface area contributed by atoms with E-state index in [0.29, 0.717) is 17.6 Å². The lowest BCUT2D eigenvalue weighted by Crippen LogP contribution is -2.02. The maximum atomic E-state index is 14.1. The number of carbonyl (C=O) groups excluding carboxylic acids is 2. The molecule has 0 aromatic heterocycles. The van der Waals surface area contributed by atoms with Crippen LogP contribution in [0.25, 0.3) is 11.1 Å². The van der Waals surface area contributed by atoms with Crippen LogP contribution >= 0.6 is 0 Å². The SMILES string of the molecule is C=CC(=O)Cc1ccc(-c2ccc(CC(=O)C(=C)C)cc2)cc1F. The van der Waals surface area contributed by atoms with Crippen LogP contribution in [0.2, 0.25) is 0 Å². The number of benzene rings is 2. The molecule has 24 heavy (non-hydrogen) atoms. The maximum absolute atomic E-state index is 14.1. The molecule has 0 unspecified atom stereocenters. The monoisotopic (exact) mass is 322 g/mol. The first-order chi connectivity index (χ1) is 11.4. The summed E-state index contributed by atoms with van der Waals surface area (Å²) in [5.74, 6) is -0.623. The van der Waals surface area contributed by atoms with E-state index in [-0.39, 0.29) is 18.0 Å². The zero-order valence-electron chi connectivity index (χ0n) is 13.6. The van der Waals surface area contributed by atoms with Crippen molar-refractivity contribution in [3.05, 3.63) is 84.2 Å². The molecular formula is C21H19FO2. The topological polar surface area (TPSA) is 34.1 Å². The summed E-state index contributed by atoms with van der Waals surface area (Å²) in [5, 5.41) is 0. The standard InChI is InChI=1S/C21H19FO2/c1-4-19(23)12-18-10-9-17(13-20(18)22)16-7-5-15(6-8-16)11-21(24)14(2)3/h4-10,13H,1-2,11-12H2,3H3. The first kappa shape index (κ1) is 17.5. The molecule has 0 N–H and O–H groups in total. The molecule has 2 aromatic rings. The lowest BCUT2D eigenvalue weighted by atomic mass is 9.98. The fourth-order valence-corrected chi connectivity index (χ4v) is 2.28. The lowest BCUT2D eigenvalue weighted by molar-refractivity contribution is -0.115. The van der Waals surface area contributed by atoms with Crippen LogP contribution in [-0.4, -0.2) is 11.6 Å². The van der Waals surface area contributed by atoms with Crippen molar-refractivity contribution in [2.45, 2.75) is 19.8 Å². The summed E-state index contributed by atoms with van der Waals surface area (Å²) in [6, 6.07) is 12.2. The van der Waals surface area contributed by atoms with Gasteiger partial charge in [-0.1, -0.05) is 49.6 Å². The highest BCUT2D eigenvalue weighted by atomic mass is 19.1. The molecule has 0 heterocycles. The van der Waals surface area contributed by atoms with E-state index in [1.54, 1.807) is 19.1 Å². The van der Waals surface area contributed by atoms with E-state index in [0.717, 1.165) is 16.7 Å². The van der Waals surface area contributed by atoms with Crippen molar-refractivity contribution in [2.75, 3.05) is 0 Å². The first-order valence-corrected chi connectivity index (χ1v) is 7.62. The van der Waals surface area contributed by atoms with E-state index in [1.807, 2.05) is 24.3 Å². The third kappa shape index (κ3) is 4.35. The molecule has 0 aliphatic rings. The number of hydrogen-bond donors (Lipinski definition) is 0. The Morgan fingerprint density at radius 1 is 1.04 bits per heavy atom. The van der Waals surface area contributed by atoms with Crippen molar-refractivity contribution in [3.63, 3.8) is 0 Å². The first-order valence-electron chi connectivity index (χ1n) is 7.62. The minimum Gasteiger partial charge on any atom is -0.295 e. The second-order valence-corrected chi connectivity index (χ2v) is 5.73. The van der Waals surface area contributed by atoms with Crippen LogP contribution in [0, 0.1) is 5.82 Å². The van der Waals surface area contributed by atoms with E-state index >= 15 is 0 Å². The van der Waals surface area contributed by atoms with Gasteiger partial charge in [0.2, 0.25) is 0 Å². The number of carbonyl (C=O) groups is 2. The minimum atomic E-state index is -0.413. The van der Waals surface area contributed by atoms with Crippen molar-refractivity contribution in [3.8, 4) is 11.1 Å². The summed E-state index contributed by atoms with van der Waals surface area (Å²) < 4.78 is 14.1. The van der Waals surface area contributed by atoms with Crippen LogP contribution in [0.5, 0.6) is 0 Å². The smallest absolute Gasteiger partial charge is 0.162 e. The number of ketones is 2. The molecular weight excluding hydrogens is 303 g/mol. The Morgan fingerprint density at radius 3 is 2.21 bits per heavy atom. The Kier molecular flexibility index (Phi) is 5.59. The molecule has 0 aliphatic heterocycles. The summed E-state index contributed by atoms with van der Waals surface area (Å²) >= 11 is 0. The number of Topliss-reactive ketones (excluding diaryl/α,β-unsaturated/α-hetero) is 1. The summed E-state index contributed by atoms with van der Waals surface area (Å²) in [6.45, 7) is 8.72. The Hall–Kier alpha value is -2.81. The van der Waals surface area contributed by atoms with E-state index in [4.69, 9.17) is 0 Å². The van der Waals surface area contributed by atoms with Gasteiger partial charge < -0.3 is 0 Å². The molecule has 0 bridgehead atoms. The lowest BCUT2D eigenvalue weighted by Gasteiger charge is -2.07. The molecule has 0 amide bonds. The second kappa shape index (κ2) is 7.64. The van der Waals surface area contributed by atoms with Gasteiger partial charge in [-0.15, -0.1) is 0 Å². The van der Waals surface area contributed by atoms with Crippen LogP contribution in [0.1, 0.15) is 18.1 Å². The summed E-state index contributed by atoms with van der Waals surface area (Å²) in [4.78, 5) is 23.0. The van der Waals surface area contributed by atoms with Gasteiger partial charge in [0.05, 0.1) is 0 Å². The third-order valence-electron chi connectivity index (χ3n) is 3.77. The average Bonchev–Trinajstić information content (AvgIpc) is 2.57. The Labute approximate surface area is 141 Å². The molecule has 2 aromatic carbocycles. The summed E-state index contributed by atoms with van der Waals surface area (Å²) in [7, 11) is 0. The minimum absolute atomic E-state index is 0.00466. The molecule has 0 spiro atoms. The largest absolute Gasteiger partial charge is 0.295 e. The Bertz CT molecular complexity index is 801. The van der Waals surface area contributed by atoms with Crippen LogP contribution in [0.3, 0.4) is 0 Å². The number of halogens is 1. The fraction of sp³-hybridized carbons (Fsp3) is 0.143. The highest BCUT2D eigenvalue weighted by Gasteiger charge is 2.09. The average molecular weight is 322 g/mol. The fourth-order valence-electron chi connectivity index (χ4n) is 2.28. The van der Waals surface area contributed by atoms with Gasteiger partial charge in [-0.3, -0.25) is 9.59 Å². The Morgan fingerprint density at radius 2 is 1.67 bits per heavy atom. The van der Waals surface area contributed by atoms with Gasteiger partial charge in [-0.25, -0.2) is 4.39 Å². The zero-order valence-corrected chi connectivity index (χ0v) is 13.6. The van der Waals surface area contributed by atoms with Crippen molar-refractivity contribution in [1.29, 1.82) is 0 Å². The summed E-state index contributed by atoms with van der Waals surface area (Å²) in [5.41, 5.74) is 3.35. The van der Waals surface area contributed by atoms with Crippen LogP contribution < -0.4 is 0 Å². The van der Waals surface area contributed by atoms with Gasteiger partial charge in [-0.05, 0) is 46.9 Å². The molecule has 2 nitrogen and oxygen atoms in total. The summed E-state index contributed by atoms with van der Waals surface area (Å²) in [6.07, 6.45) is 1.52. The van der Waals surface area contributed by atoms with E-state index in [1.165, 1.54) is 12.1 Å². The van der Waals surface area contributed by atoms with E-state index in [9.17, 15) is 14.0 Å². The molecule has 2 rings (SSSR count). The maximum Gasteiger partial charge on any atom is 0.162 e.